The molecule has 13 rings (SSSR count). The molecule has 2 aliphatic rings. The summed E-state index contributed by atoms with van der Waals surface area (Å²) in [5, 5.41) is 2.45. The van der Waals surface area contributed by atoms with E-state index in [9.17, 15) is 0 Å². The number of hydrogen-bond acceptors (Lipinski definition) is 1. The number of nitrogens with zero attached hydrogens (tertiary/aromatic N) is 1. The SMILES string of the molecule is c1ccc(-c2ccc(-c3c(-c4ccccc4N(c4ccccc4)c4cccc(-c5ccc6c(c5)C5(c7ccccc7-c7ccccc75)c5ccccc5-6)c4)ccc4ccccc34)cc2)cc1. The minimum atomic E-state index is -0.402. The summed E-state index contributed by atoms with van der Waals surface area (Å²) in [5.41, 5.74) is 23.1. The molecule has 2 aliphatic carbocycles. The van der Waals surface area contributed by atoms with Crippen LogP contribution in [0.3, 0.4) is 0 Å². The second kappa shape index (κ2) is 15.3. The first kappa shape index (κ1) is 38.0. The lowest BCUT2D eigenvalue weighted by Crippen LogP contribution is -2.25. The molecule has 0 unspecified atom stereocenters. The van der Waals surface area contributed by atoms with E-state index in [1.165, 1.54) is 94.2 Å². The molecule has 66 heavy (non-hydrogen) atoms. The Bertz CT molecular complexity index is 3580. The van der Waals surface area contributed by atoms with Gasteiger partial charge in [0.1, 0.15) is 0 Å². The van der Waals surface area contributed by atoms with Crippen LogP contribution in [0.25, 0.3) is 77.5 Å². The molecule has 11 aromatic rings. The van der Waals surface area contributed by atoms with Gasteiger partial charge in [0.15, 0.2) is 0 Å². The standard InChI is InChI=1S/C65H43N/c1-3-18-44(19-4-1)45-34-36-47(37-35-45)64-52-25-8-7-20-46(52)38-41-58(64)57-29-12-16-33-63(57)66(50-22-5-2-6-23-50)51-24-17-21-48(42-51)49-39-40-56-55-28-11-15-32-61(55)65(62(56)43-49)59-30-13-9-26-53(59)54-27-10-14-31-60(54)65/h1-43H. The summed E-state index contributed by atoms with van der Waals surface area (Å²) in [5.74, 6) is 0. The third kappa shape index (κ3) is 5.80. The van der Waals surface area contributed by atoms with Gasteiger partial charge in [-0.25, -0.2) is 0 Å². The molecule has 0 amide bonds. The van der Waals surface area contributed by atoms with Gasteiger partial charge in [-0.3, -0.25) is 0 Å². The molecule has 0 aliphatic heterocycles. The molecule has 0 radical (unpaired) electrons. The molecule has 0 bridgehead atoms. The maximum atomic E-state index is 2.48. The average Bonchev–Trinajstić information content (AvgIpc) is 3.86. The van der Waals surface area contributed by atoms with E-state index in [1.807, 2.05) is 0 Å². The van der Waals surface area contributed by atoms with E-state index >= 15 is 0 Å². The van der Waals surface area contributed by atoms with Crippen LogP contribution >= 0.6 is 0 Å². The van der Waals surface area contributed by atoms with Crippen LogP contribution < -0.4 is 4.90 Å². The van der Waals surface area contributed by atoms with Crippen molar-refractivity contribution in [1.29, 1.82) is 0 Å². The highest BCUT2D eigenvalue weighted by molar-refractivity contribution is 6.07. The van der Waals surface area contributed by atoms with Gasteiger partial charge >= 0.3 is 0 Å². The third-order valence-corrected chi connectivity index (χ3v) is 14.1. The summed E-state index contributed by atoms with van der Waals surface area (Å²) in [6, 6.07) is 96.2. The number of benzene rings is 11. The quantitative estimate of drug-likeness (QED) is 0.155. The smallest absolute Gasteiger partial charge is 0.0725 e. The maximum absolute atomic E-state index is 2.48. The third-order valence-electron chi connectivity index (χ3n) is 14.1. The fourth-order valence-corrected chi connectivity index (χ4v) is 11.3. The van der Waals surface area contributed by atoms with Gasteiger partial charge in [0.05, 0.1) is 11.1 Å². The Morgan fingerprint density at radius 3 is 1.42 bits per heavy atom. The molecule has 1 heteroatoms. The summed E-state index contributed by atoms with van der Waals surface area (Å²) in [7, 11) is 0. The lowest BCUT2D eigenvalue weighted by atomic mass is 9.70. The first-order valence-corrected chi connectivity index (χ1v) is 22.9. The molecule has 1 nitrogen and oxygen atoms in total. The number of fused-ring (bicyclic) bond motifs is 11. The Balaban J connectivity index is 0.975. The highest BCUT2D eigenvalue weighted by Gasteiger charge is 2.51. The van der Waals surface area contributed by atoms with Crippen LogP contribution in [0.2, 0.25) is 0 Å². The Labute approximate surface area is 386 Å². The highest BCUT2D eigenvalue weighted by Crippen LogP contribution is 2.63. The van der Waals surface area contributed by atoms with Crippen molar-refractivity contribution in [3.8, 4) is 66.8 Å². The molecule has 11 aromatic carbocycles. The number of rotatable bonds is 7. The molecule has 0 saturated heterocycles. The molecule has 0 saturated carbocycles. The van der Waals surface area contributed by atoms with Crippen molar-refractivity contribution in [1.82, 2.24) is 0 Å². The van der Waals surface area contributed by atoms with Gasteiger partial charge in [0, 0.05) is 16.9 Å². The Morgan fingerprint density at radius 2 is 0.727 bits per heavy atom. The lowest BCUT2D eigenvalue weighted by molar-refractivity contribution is 0.794. The summed E-state index contributed by atoms with van der Waals surface area (Å²) >= 11 is 0. The van der Waals surface area contributed by atoms with Gasteiger partial charge in [-0.15, -0.1) is 0 Å². The van der Waals surface area contributed by atoms with Crippen molar-refractivity contribution >= 4 is 27.8 Å². The molecule has 0 fully saturated rings. The van der Waals surface area contributed by atoms with Gasteiger partial charge in [0.25, 0.3) is 0 Å². The maximum Gasteiger partial charge on any atom is 0.0725 e. The molecule has 0 aromatic heterocycles. The first-order chi connectivity index (χ1) is 32.8. The van der Waals surface area contributed by atoms with E-state index in [2.05, 4.69) is 266 Å². The summed E-state index contributed by atoms with van der Waals surface area (Å²) in [4.78, 5) is 2.43. The summed E-state index contributed by atoms with van der Waals surface area (Å²) in [6.07, 6.45) is 0. The minimum absolute atomic E-state index is 0.402. The van der Waals surface area contributed by atoms with Crippen molar-refractivity contribution in [2.45, 2.75) is 5.41 Å². The van der Waals surface area contributed by atoms with Crippen molar-refractivity contribution in [3.63, 3.8) is 0 Å². The van der Waals surface area contributed by atoms with Crippen LogP contribution in [-0.4, -0.2) is 0 Å². The van der Waals surface area contributed by atoms with E-state index in [1.54, 1.807) is 0 Å². The average molecular weight is 838 g/mol. The first-order valence-electron chi connectivity index (χ1n) is 22.9. The molecular formula is C65H43N. The second-order valence-corrected chi connectivity index (χ2v) is 17.5. The van der Waals surface area contributed by atoms with E-state index in [4.69, 9.17) is 0 Å². The van der Waals surface area contributed by atoms with E-state index in [-0.39, 0.29) is 0 Å². The van der Waals surface area contributed by atoms with Gasteiger partial charge in [-0.2, -0.15) is 0 Å². The highest BCUT2D eigenvalue weighted by atomic mass is 15.1. The minimum Gasteiger partial charge on any atom is -0.310 e. The zero-order valence-corrected chi connectivity index (χ0v) is 36.3. The Kier molecular flexibility index (Phi) is 8.82. The van der Waals surface area contributed by atoms with Crippen LogP contribution in [0.5, 0.6) is 0 Å². The fraction of sp³-hybridized carbons (Fsp3) is 0.0154. The Morgan fingerprint density at radius 1 is 0.258 bits per heavy atom. The normalized spacial score (nSPS) is 12.7. The molecule has 1 spiro atoms. The van der Waals surface area contributed by atoms with Gasteiger partial charge < -0.3 is 4.90 Å². The lowest BCUT2D eigenvalue weighted by Gasteiger charge is -2.31. The van der Waals surface area contributed by atoms with Gasteiger partial charge in [-0.1, -0.05) is 224 Å². The van der Waals surface area contributed by atoms with Crippen molar-refractivity contribution in [2.24, 2.45) is 0 Å². The fourth-order valence-electron chi connectivity index (χ4n) is 11.3. The van der Waals surface area contributed by atoms with Crippen LogP contribution in [-0.2, 0) is 5.41 Å². The van der Waals surface area contributed by atoms with Crippen LogP contribution in [0, 0.1) is 0 Å². The predicted octanol–water partition coefficient (Wildman–Crippen LogP) is 17.3. The zero-order valence-electron chi connectivity index (χ0n) is 36.3. The van der Waals surface area contributed by atoms with Crippen molar-refractivity contribution in [3.05, 3.63) is 283 Å². The largest absolute Gasteiger partial charge is 0.310 e. The van der Waals surface area contributed by atoms with Crippen LogP contribution in [0.15, 0.2) is 261 Å². The van der Waals surface area contributed by atoms with Crippen molar-refractivity contribution < 1.29 is 0 Å². The molecule has 308 valence electrons. The zero-order chi connectivity index (χ0) is 43.6. The van der Waals surface area contributed by atoms with Crippen LogP contribution in [0.1, 0.15) is 22.3 Å². The number of para-hydroxylation sites is 2. The van der Waals surface area contributed by atoms with E-state index in [0.717, 1.165) is 22.6 Å². The van der Waals surface area contributed by atoms with E-state index in [0.29, 0.717) is 0 Å². The van der Waals surface area contributed by atoms with Gasteiger partial charge in [-0.05, 0) is 131 Å². The van der Waals surface area contributed by atoms with Crippen molar-refractivity contribution in [2.75, 3.05) is 4.90 Å². The summed E-state index contributed by atoms with van der Waals surface area (Å²) in [6.45, 7) is 0. The van der Waals surface area contributed by atoms with Gasteiger partial charge in [0.2, 0.25) is 0 Å². The molecule has 0 heterocycles. The number of anilines is 3. The molecule has 0 N–H and O–H groups in total. The number of hydrogen-bond donors (Lipinski definition) is 0. The van der Waals surface area contributed by atoms with E-state index < -0.39 is 5.41 Å². The predicted molar refractivity (Wildman–Crippen MR) is 277 cm³/mol. The topological polar surface area (TPSA) is 3.24 Å². The monoisotopic (exact) mass is 837 g/mol. The second-order valence-electron chi connectivity index (χ2n) is 17.5. The molecular weight excluding hydrogens is 795 g/mol. The Hall–Kier alpha value is -8.52. The summed E-state index contributed by atoms with van der Waals surface area (Å²) < 4.78 is 0. The van der Waals surface area contributed by atoms with Crippen LogP contribution in [0.4, 0.5) is 17.1 Å². The molecule has 0 atom stereocenters.